The van der Waals surface area contributed by atoms with Crippen molar-refractivity contribution < 1.29 is 4.74 Å². The van der Waals surface area contributed by atoms with Crippen LogP contribution in [0, 0.1) is 5.92 Å². The van der Waals surface area contributed by atoms with E-state index < -0.39 is 0 Å². The Morgan fingerprint density at radius 1 is 1.18 bits per heavy atom. The lowest BCUT2D eigenvalue weighted by Crippen LogP contribution is -2.24. The molecule has 1 aromatic rings. The summed E-state index contributed by atoms with van der Waals surface area (Å²) in [4.78, 5) is 4.56. The van der Waals surface area contributed by atoms with E-state index in [1.165, 1.54) is 44.9 Å². The number of hydrogen-bond acceptors (Lipinski definition) is 2. The maximum absolute atomic E-state index is 6.06. The van der Waals surface area contributed by atoms with Crippen molar-refractivity contribution in [3.63, 3.8) is 0 Å². The Kier molecular flexibility index (Phi) is 7.23. The molecule has 0 unspecified atom stereocenters. The van der Waals surface area contributed by atoms with Crippen LogP contribution in [-0.2, 0) is 11.3 Å². The Balaban J connectivity index is 1.89. The molecule has 4 heteroatoms. The molecule has 0 aromatic heterocycles. The monoisotopic (exact) mass is 303 g/mol. The highest BCUT2D eigenvalue weighted by molar-refractivity contribution is 5.92. The van der Waals surface area contributed by atoms with Gasteiger partial charge in [0.15, 0.2) is 5.96 Å². The van der Waals surface area contributed by atoms with E-state index in [1.54, 1.807) is 7.11 Å². The highest BCUT2D eigenvalue weighted by atomic mass is 16.5. The van der Waals surface area contributed by atoms with E-state index in [9.17, 15) is 0 Å². The molecule has 122 valence electrons. The van der Waals surface area contributed by atoms with Gasteiger partial charge in [-0.05, 0) is 24.8 Å². The SMILES string of the molecule is COCc1ccccc1NC(N)=NCC1CCCCCCC1. The van der Waals surface area contributed by atoms with Crippen LogP contribution in [0.15, 0.2) is 29.3 Å². The molecule has 0 bridgehead atoms. The van der Waals surface area contributed by atoms with Crippen molar-refractivity contribution in [3.05, 3.63) is 29.8 Å². The molecule has 0 spiro atoms. The zero-order chi connectivity index (χ0) is 15.6. The van der Waals surface area contributed by atoms with Gasteiger partial charge in [0.1, 0.15) is 0 Å². The number of guanidine groups is 1. The standard InChI is InChI=1S/C18H29N3O/c1-22-14-16-11-7-8-12-17(16)21-18(19)20-13-15-9-5-3-2-4-6-10-15/h7-8,11-12,15H,2-6,9-10,13-14H2,1H3,(H3,19,20,21). The van der Waals surface area contributed by atoms with Gasteiger partial charge in [-0.15, -0.1) is 0 Å². The lowest BCUT2D eigenvalue weighted by atomic mass is 9.91. The molecule has 1 aromatic carbocycles. The minimum atomic E-state index is 0.505. The van der Waals surface area contributed by atoms with Gasteiger partial charge in [-0.25, -0.2) is 0 Å². The van der Waals surface area contributed by atoms with Gasteiger partial charge >= 0.3 is 0 Å². The largest absolute Gasteiger partial charge is 0.380 e. The van der Waals surface area contributed by atoms with Crippen LogP contribution in [0.3, 0.4) is 0 Å². The first kappa shape index (κ1) is 16.8. The van der Waals surface area contributed by atoms with Crippen molar-refractivity contribution >= 4 is 11.6 Å². The molecule has 2 rings (SSSR count). The summed E-state index contributed by atoms with van der Waals surface area (Å²) in [5, 5.41) is 3.21. The third-order valence-electron chi connectivity index (χ3n) is 4.32. The van der Waals surface area contributed by atoms with Crippen LogP contribution in [0.1, 0.15) is 50.5 Å². The number of ether oxygens (including phenoxy) is 1. The fourth-order valence-corrected chi connectivity index (χ4v) is 3.05. The van der Waals surface area contributed by atoms with Crippen molar-refractivity contribution in [1.29, 1.82) is 0 Å². The summed E-state index contributed by atoms with van der Waals surface area (Å²) in [6.45, 7) is 1.41. The first-order valence-electron chi connectivity index (χ1n) is 8.43. The first-order valence-corrected chi connectivity index (χ1v) is 8.43. The minimum Gasteiger partial charge on any atom is -0.380 e. The minimum absolute atomic E-state index is 0.505. The number of methoxy groups -OCH3 is 1. The molecule has 0 amide bonds. The zero-order valence-corrected chi connectivity index (χ0v) is 13.7. The number of nitrogens with one attached hydrogen (secondary N) is 1. The van der Waals surface area contributed by atoms with Gasteiger partial charge in [-0.1, -0.05) is 50.3 Å². The van der Waals surface area contributed by atoms with Crippen molar-refractivity contribution in [2.45, 2.75) is 51.6 Å². The van der Waals surface area contributed by atoms with Crippen molar-refractivity contribution in [2.75, 3.05) is 19.0 Å². The van der Waals surface area contributed by atoms with Crippen LogP contribution in [0.2, 0.25) is 0 Å². The van der Waals surface area contributed by atoms with E-state index in [4.69, 9.17) is 10.5 Å². The summed E-state index contributed by atoms with van der Waals surface area (Å²) in [7, 11) is 1.70. The smallest absolute Gasteiger partial charge is 0.193 e. The predicted octanol–water partition coefficient (Wildman–Crippen LogP) is 3.92. The maximum Gasteiger partial charge on any atom is 0.193 e. The number of benzene rings is 1. The van der Waals surface area contributed by atoms with Crippen molar-refractivity contribution in [3.8, 4) is 0 Å². The fourth-order valence-electron chi connectivity index (χ4n) is 3.05. The predicted molar refractivity (Wildman–Crippen MR) is 93.1 cm³/mol. The Hall–Kier alpha value is -1.55. The van der Waals surface area contributed by atoms with Gasteiger partial charge in [0.2, 0.25) is 0 Å². The normalized spacial score (nSPS) is 17.8. The van der Waals surface area contributed by atoms with E-state index in [1.807, 2.05) is 24.3 Å². The number of para-hydroxylation sites is 1. The highest BCUT2D eigenvalue weighted by Crippen LogP contribution is 2.22. The first-order chi connectivity index (χ1) is 10.8. The van der Waals surface area contributed by atoms with E-state index in [0.29, 0.717) is 18.5 Å². The van der Waals surface area contributed by atoms with E-state index in [2.05, 4.69) is 10.3 Å². The number of nitrogens with two attached hydrogens (primary N) is 1. The molecular formula is C18H29N3O. The second kappa shape index (κ2) is 9.46. The summed E-state index contributed by atoms with van der Waals surface area (Å²) in [5.41, 5.74) is 8.12. The lowest BCUT2D eigenvalue weighted by Gasteiger charge is -2.18. The zero-order valence-electron chi connectivity index (χ0n) is 13.7. The average Bonchev–Trinajstić information content (AvgIpc) is 2.48. The van der Waals surface area contributed by atoms with Crippen LogP contribution in [0.5, 0.6) is 0 Å². The van der Waals surface area contributed by atoms with Crippen molar-refractivity contribution in [1.82, 2.24) is 0 Å². The number of anilines is 1. The Bertz CT molecular complexity index is 465. The number of aliphatic imine (C=N–C) groups is 1. The molecule has 1 aliphatic carbocycles. The molecule has 1 aliphatic rings. The lowest BCUT2D eigenvalue weighted by molar-refractivity contribution is 0.185. The Morgan fingerprint density at radius 3 is 2.59 bits per heavy atom. The molecule has 0 saturated heterocycles. The molecule has 0 aliphatic heterocycles. The van der Waals surface area contributed by atoms with Crippen LogP contribution in [-0.4, -0.2) is 19.6 Å². The van der Waals surface area contributed by atoms with Crippen LogP contribution < -0.4 is 11.1 Å². The maximum atomic E-state index is 6.06. The van der Waals surface area contributed by atoms with E-state index in [0.717, 1.165) is 17.8 Å². The number of rotatable bonds is 5. The third kappa shape index (κ3) is 5.68. The summed E-state index contributed by atoms with van der Waals surface area (Å²) < 4.78 is 5.21. The van der Waals surface area contributed by atoms with Gasteiger partial charge in [0, 0.05) is 24.9 Å². The molecule has 22 heavy (non-hydrogen) atoms. The van der Waals surface area contributed by atoms with Gasteiger partial charge in [0.25, 0.3) is 0 Å². The number of hydrogen-bond donors (Lipinski definition) is 2. The van der Waals surface area contributed by atoms with Gasteiger partial charge in [-0.2, -0.15) is 0 Å². The molecule has 1 fully saturated rings. The van der Waals surface area contributed by atoms with Gasteiger partial charge in [0.05, 0.1) is 6.61 Å². The summed E-state index contributed by atoms with van der Waals surface area (Å²) in [6.07, 6.45) is 9.40. The van der Waals surface area contributed by atoms with Gasteiger partial charge < -0.3 is 15.8 Å². The van der Waals surface area contributed by atoms with Crippen LogP contribution >= 0.6 is 0 Å². The highest BCUT2D eigenvalue weighted by Gasteiger charge is 2.11. The average molecular weight is 303 g/mol. The molecular weight excluding hydrogens is 274 g/mol. The summed E-state index contributed by atoms with van der Waals surface area (Å²) in [6, 6.07) is 8.03. The molecule has 0 atom stereocenters. The van der Waals surface area contributed by atoms with E-state index >= 15 is 0 Å². The Morgan fingerprint density at radius 2 is 1.86 bits per heavy atom. The third-order valence-corrected chi connectivity index (χ3v) is 4.32. The molecule has 3 N–H and O–H groups in total. The van der Waals surface area contributed by atoms with Gasteiger partial charge in [-0.3, -0.25) is 4.99 Å². The topological polar surface area (TPSA) is 59.6 Å². The second-order valence-electron chi connectivity index (χ2n) is 6.15. The summed E-state index contributed by atoms with van der Waals surface area (Å²) in [5.74, 6) is 1.19. The fraction of sp³-hybridized carbons (Fsp3) is 0.611. The van der Waals surface area contributed by atoms with Crippen LogP contribution in [0.4, 0.5) is 5.69 Å². The second-order valence-corrected chi connectivity index (χ2v) is 6.15. The molecule has 1 saturated carbocycles. The molecule has 0 heterocycles. The molecule has 0 radical (unpaired) electrons. The molecule has 4 nitrogen and oxygen atoms in total. The quantitative estimate of drug-likeness (QED) is 0.640. The van der Waals surface area contributed by atoms with Crippen LogP contribution in [0.25, 0.3) is 0 Å². The van der Waals surface area contributed by atoms with E-state index in [-0.39, 0.29) is 0 Å². The Labute approximate surface area is 134 Å². The number of nitrogens with zero attached hydrogens (tertiary/aromatic N) is 1. The summed E-state index contributed by atoms with van der Waals surface area (Å²) >= 11 is 0. The van der Waals surface area contributed by atoms with Crippen molar-refractivity contribution in [2.24, 2.45) is 16.6 Å².